The number of nitrogens with zero attached hydrogens (tertiary/aromatic N) is 3. The highest BCUT2D eigenvalue weighted by Crippen LogP contribution is 2.28. The maximum Gasteiger partial charge on any atom is 0.237 e. The summed E-state index contributed by atoms with van der Waals surface area (Å²) in [6.07, 6.45) is 2.67. The van der Waals surface area contributed by atoms with Crippen LogP contribution < -0.4 is 5.32 Å². The highest BCUT2D eigenvalue weighted by molar-refractivity contribution is 8.00. The van der Waals surface area contributed by atoms with Crippen LogP contribution in [0.25, 0.3) is 0 Å². The molecule has 0 bridgehead atoms. The Bertz CT molecular complexity index is 641. The second-order valence-electron chi connectivity index (χ2n) is 5.37. The van der Waals surface area contributed by atoms with Gasteiger partial charge in [0.05, 0.1) is 5.25 Å². The maximum absolute atomic E-state index is 12.4. The summed E-state index contributed by atoms with van der Waals surface area (Å²) in [4.78, 5) is 12.4. The van der Waals surface area contributed by atoms with Gasteiger partial charge in [0.2, 0.25) is 5.91 Å². The Balaban J connectivity index is 2.07. The smallest absolute Gasteiger partial charge is 0.237 e. The molecule has 5 nitrogen and oxygen atoms in total. The van der Waals surface area contributed by atoms with E-state index in [0.29, 0.717) is 5.92 Å². The predicted octanol–water partition coefficient (Wildman–Crippen LogP) is 3.45. The summed E-state index contributed by atoms with van der Waals surface area (Å²) in [6, 6.07) is 7.99. The number of benzene rings is 1. The molecule has 0 saturated carbocycles. The zero-order valence-corrected chi connectivity index (χ0v) is 14.2. The van der Waals surface area contributed by atoms with Crippen LogP contribution in [-0.2, 0) is 11.8 Å². The molecule has 2 rings (SSSR count). The van der Waals surface area contributed by atoms with Crippen molar-refractivity contribution in [3.05, 3.63) is 36.2 Å². The summed E-state index contributed by atoms with van der Waals surface area (Å²) < 4.78 is 1.81. The summed E-state index contributed by atoms with van der Waals surface area (Å²) in [6.45, 7) is 6.19. The van der Waals surface area contributed by atoms with Gasteiger partial charge in [0.25, 0.3) is 0 Å². The number of hydrogen-bond donors (Lipinski definition) is 1. The van der Waals surface area contributed by atoms with Crippen LogP contribution >= 0.6 is 11.8 Å². The van der Waals surface area contributed by atoms with Crippen molar-refractivity contribution >= 4 is 23.4 Å². The monoisotopic (exact) mass is 318 g/mol. The lowest BCUT2D eigenvalue weighted by Crippen LogP contribution is -2.23. The summed E-state index contributed by atoms with van der Waals surface area (Å²) in [5.41, 5.74) is 2.07. The van der Waals surface area contributed by atoms with E-state index >= 15 is 0 Å². The number of para-hydroxylation sites is 1. The molecule has 1 heterocycles. The minimum atomic E-state index is -0.243. The second-order valence-corrected chi connectivity index (χ2v) is 6.68. The molecule has 1 amide bonds. The minimum Gasteiger partial charge on any atom is -0.325 e. The number of rotatable bonds is 6. The Morgan fingerprint density at radius 2 is 2.09 bits per heavy atom. The van der Waals surface area contributed by atoms with Gasteiger partial charge in [0.15, 0.2) is 5.16 Å². The Labute approximate surface area is 135 Å². The van der Waals surface area contributed by atoms with Gasteiger partial charge in [-0.1, -0.05) is 43.8 Å². The van der Waals surface area contributed by atoms with E-state index in [4.69, 9.17) is 0 Å². The first-order valence-corrected chi connectivity index (χ1v) is 8.31. The van der Waals surface area contributed by atoms with Crippen LogP contribution in [0, 0.1) is 0 Å². The van der Waals surface area contributed by atoms with Crippen LogP contribution in [-0.4, -0.2) is 25.9 Å². The first-order valence-electron chi connectivity index (χ1n) is 7.43. The van der Waals surface area contributed by atoms with Gasteiger partial charge < -0.3 is 9.88 Å². The van der Waals surface area contributed by atoms with E-state index in [9.17, 15) is 4.79 Å². The Hall–Kier alpha value is -1.82. The van der Waals surface area contributed by atoms with Gasteiger partial charge in [-0.25, -0.2) is 0 Å². The van der Waals surface area contributed by atoms with Crippen molar-refractivity contribution in [1.82, 2.24) is 14.8 Å². The van der Waals surface area contributed by atoms with E-state index in [1.165, 1.54) is 17.3 Å². The van der Waals surface area contributed by atoms with Gasteiger partial charge >= 0.3 is 0 Å². The zero-order valence-electron chi connectivity index (χ0n) is 13.4. The van der Waals surface area contributed by atoms with Gasteiger partial charge in [0, 0.05) is 12.7 Å². The van der Waals surface area contributed by atoms with Gasteiger partial charge in [-0.3, -0.25) is 4.79 Å². The molecule has 6 heteroatoms. The van der Waals surface area contributed by atoms with Crippen LogP contribution in [0.3, 0.4) is 0 Å². The van der Waals surface area contributed by atoms with Crippen LogP contribution in [0.15, 0.2) is 35.7 Å². The molecular formula is C16H22N4OS. The molecule has 0 fully saturated rings. The third-order valence-corrected chi connectivity index (χ3v) is 4.83. The second kappa shape index (κ2) is 7.45. The van der Waals surface area contributed by atoms with Crippen molar-refractivity contribution < 1.29 is 4.79 Å². The Morgan fingerprint density at radius 3 is 2.73 bits per heavy atom. The van der Waals surface area contributed by atoms with Gasteiger partial charge in [-0.15, -0.1) is 10.2 Å². The fourth-order valence-corrected chi connectivity index (χ4v) is 2.88. The largest absolute Gasteiger partial charge is 0.325 e. The minimum absolute atomic E-state index is 0.0243. The van der Waals surface area contributed by atoms with Crippen LogP contribution in [0.5, 0.6) is 0 Å². The Kier molecular flexibility index (Phi) is 5.60. The van der Waals surface area contributed by atoms with Crippen LogP contribution in [0.2, 0.25) is 0 Å². The Morgan fingerprint density at radius 1 is 1.36 bits per heavy atom. The van der Waals surface area contributed by atoms with E-state index < -0.39 is 0 Å². The molecular weight excluding hydrogens is 296 g/mol. The third kappa shape index (κ3) is 3.88. The standard InChI is InChI=1S/C16H22N4OS/c1-5-11(2)13-8-6-7-9-14(13)18-15(21)12(3)22-16-19-17-10-20(16)4/h6-12H,5H2,1-4H3,(H,18,21). The normalized spacial score (nSPS) is 13.6. The highest BCUT2D eigenvalue weighted by atomic mass is 32.2. The van der Waals surface area contributed by atoms with E-state index in [0.717, 1.165) is 17.3 Å². The molecule has 1 N–H and O–H groups in total. The molecule has 2 aromatic rings. The van der Waals surface area contributed by atoms with Gasteiger partial charge in [-0.2, -0.15) is 0 Å². The topological polar surface area (TPSA) is 59.8 Å². The van der Waals surface area contributed by atoms with Crippen molar-refractivity contribution in [2.75, 3.05) is 5.32 Å². The summed E-state index contributed by atoms with van der Waals surface area (Å²) in [5, 5.41) is 11.4. The zero-order chi connectivity index (χ0) is 16.1. The molecule has 0 saturated heterocycles. The quantitative estimate of drug-likeness (QED) is 0.829. The summed E-state index contributed by atoms with van der Waals surface area (Å²) in [7, 11) is 1.87. The number of nitrogens with one attached hydrogen (secondary N) is 1. The van der Waals surface area contributed by atoms with Crippen molar-refractivity contribution in [1.29, 1.82) is 0 Å². The lowest BCUT2D eigenvalue weighted by atomic mass is 9.97. The van der Waals surface area contributed by atoms with Gasteiger partial charge in [-0.05, 0) is 30.9 Å². The van der Waals surface area contributed by atoms with Crippen LogP contribution in [0.1, 0.15) is 38.7 Å². The average molecular weight is 318 g/mol. The number of thioether (sulfide) groups is 1. The molecule has 0 spiro atoms. The number of carbonyl (C=O) groups is 1. The first-order chi connectivity index (χ1) is 10.5. The molecule has 2 atom stereocenters. The van der Waals surface area contributed by atoms with Crippen molar-refractivity contribution in [3.8, 4) is 0 Å². The third-order valence-electron chi connectivity index (χ3n) is 3.68. The molecule has 0 aliphatic rings. The molecule has 22 heavy (non-hydrogen) atoms. The number of carbonyl (C=O) groups excluding carboxylic acids is 1. The summed E-state index contributed by atoms with van der Waals surface area (Å²) >= 11 is 1.40. The lowest BCUT2D eigenvalue weighted by molar-refractivity contribution is -0.115. The molecule has 1 aromatic carbocycles. The fraction of sp³-hybridized carbons (Fsp3) is 0.438. The van der Waals surface area contributed by atoms with Crippen molar-refractivity contribution in [2.24, 2.45) is 7.05 Å². The van der Waals surface area contributed by atoms with Crippen molar-refractivity contribution in [2.45, 2.75) is 43.5 Å². The van der Waals surface area contributed by atoms with Crippen LogP contribution in [0.4, 0.5) is 5.69 Å². The maximum atomic E-state index is 12.4. The van der Waals surface area contributed by atoms with E-state index in [2.05, 4.69) is 35.4 Å². The molecule has 0 radical (unpaired) electrons. The van der Waals surface area contributed by atoms with Gasteiger partial charge in [0.1, 0.15) is 6.33 Å². The molecule has 0 aliphatic heterocycles. The molecule has 2 unspecified atom stereocenters. The summed E-state index contributed by atoms with van der Waals surface area (Å²) in [5.74, 6) is 0.391. The SMILES string of the molecule is CCC(C)c1ccccc1NC(=O)C(C)Sc1nncn1C. The number of hydrogen-bond acceptors (Lipinski definition) is 4. The highest BCUT2D eigenvalue weighted by Gasteiger charge is 2.19. The molecule has 1 aromatic heterocycles. The van der Waals surface area contributed by atoms with E-state index in [-0.39, 0.29) is 11.2 Å². The lowest BCUT2D eigenvalue weighted by Gasteiger charge is -2.17. The van der Waals surface area contributed by atoms with E-state index in [1.54, 1.807) is 6.33 Å². The number of aromatic nitrogens is 3. The van der Waals surface area contributed by atoms with E-state index in [1.807, 2.05) is 36.7 Å². The average Bonchev–Trinajstić information content (AvgIpc) is 2.92. The predicted molar refractivity (Wildman–Crippen MR) is 90.1 cm³/mol. The first kappa shape index (κ1) is 16.5. The van der Waals surface area contributed by atoms with Crippen molar-refractivity contribution in [3.63, 3.8) is 0 Å². The number of amides is 1. The fourth-order valence-electron chi connectivity index (χ4n) is 2.09. The molecule has 118 valence electrons. The number of aryl methyl sites for hydroxylation is 1. The molecule has 0 aliphatic carbocycles. The number of anilines is 1.